The average Bonchev–Trinajstić information content (AvgIpc) is 1.85. The van der Waals surface area contributed by atoms with Gasteiger partial charge in [0.05, 0.1) is 7.11 Å². The van der Waals surface area contributed by atoms with Crippen LogP contribution in [0.3, 0.4) is 0 Å². The van der Waals surface area contributed by atoms with Crippen LogP contribution in [0.5, 0.6) is 0 Å². The number of ether oxygens (including phenoxy) is 1. The molecule has 0 radical (unpaired) electrons. The third kappa shape index (κ3) is 3.60. The summed E-state index contributed by atoms with van der Waals surface area (Å²) in [4.78, 5) is 10.5. The molecule has 0 bridgehead atoms. The standard InChI is InChI=1S/C7H13NO3/c1-7(2,3)8(10)5-6(9)11-4/h5H,1-4H3. The van der Waals surface area contributed by atoms with E-state index in [4.69, 9.17) is 0 Å². The zero-order chi connectivity index (χ0) is 9.07. The van der Waals surface area contributed by atoms with Crippen LogP contribution < -0.4 is 0 Å². The van der Waals surface area contributed by atoms with Crippen molar-refractivity contribution in [3.63, 3.8) is 0 Å². The second-order valence-corrected chi connectivity index (χ2v) is 3.15. The summed E-state index contributed by atoms with van der Waals surface area (Å²) >= 11 is 0. The highest BCUT2D eigenvalue weighted by Crippen LogP contribution is 2.03. The average molecular weight is 159 g/mol. The van der Waals surface area contributed by atoms with Gasteiger partial charge in [0.15, 0.2) is 5.54 Å². The van der Waals surface area contributed by atoms with Crippen molar-refractivity contribution in [2.45, 2.75) is 26.3 Å². The van der Waals surface area contributed by atoms with Crippen molar-refractivity contribution >= 4 is 12.2 Å². The fraction of sp³-hybridized carbons (Fsp3) is 0.714. The molecule has 64 valence electrons. The molecule has 0 saturated carbocycles. The molecule has 0 unspecified atom stereocenters. The predicted molar refractivity (Wildman–Crippen MR) is 41.5 cm³/mol. The van der Waals surface area contributed by atoms with Crippen molar-refractivity contribution in [3.8, 4) is 0 Å². The Kier molecular flexibility index (Phi) is 3.04. The van der Waals surface area contributed by atoms with Gasteiger partial charge in [-0.25, -0.2) is 9.53 Å². The molecule has 4 nitrogen and oxygen atoms in total. The quantitative estimate of drug-likeness (QED) is 0.184. The summed E-state index contributed by atoms with van der Waals surface area (Å²) in [7, 11) is 1.23. The van der Waals surface area contributed by atoms with Crippen LogP contribution in [0.1, 0.15) is 20.8 Å². The van der Waals surface area contributed by atoms with Crippen LogP contribution in [0.25, 0.3) is 0 Å². The predicted octanol–water partition coefficient (Wildman–Crippen LogP) is 0.539. The van der Waals surface area contributed by atoms with E-state index >= 15 is 0 Å². The fourth-order valence-electron chi connectivity index (χ4n) is 0.342. The van der Waals surface area contributed by atoms with Gasteiger partial charge in [-0.2, -0.15) is 0 Å². The highest BCUT2D eigenvalue weighted by Gasteiger charge is 2.19. The molecular formula is C7H13NO3. The van der Waals surface area contributed by atoms with E-state index in [0.29, 0.717) is 4.74 Å². The molecule has 0 atom stereocenters. The van der Waals surface area contributed by atoms with Crippen molar-refractivity contribution in [2.24, 2.45) is 0 Å². The van der Waals surface area contributed by atoms with E-state index < -0.39 is 11.5 Å². The molecule has 0 N–H and O–H groups in total. The Morgan fingerprint density at radius 1 is 1.55 bits per heavy atom. The Balaban J connectivity index is 4.35. The first kappa shape index (κ1) is 9.94. The van der Waals surface area contributed by atoms with E-state index in [2.05, 4.69) is 4.74 Å². The first-order valence-electron chi connectivity index (χ1n) is 3.27. The van der Waals surface area contributed by atoms with E-state index in [1.165, 1.54) is 7.11 Å². The number of rotatable bonds is 1. The normalized spacial score (nSPS) is 12.9. The van der Waals surface area contributed by atoms with Gasteiger partial charge in [-0.05, 0) is 0 Å². The summed E-state index contributed by atoms with van der Waals surface area (Å²) in [5.41, 5.74) is -0.589. The Labute approximate surface area is 66.1 Å². The van der Waals surface area contributed by atoms with Gasteiger partial charge < -0.3 is 9.94 Å². The van der Waals surface area contributed by atoms with Crippen LogP contribution in [0.4, 0.5) is 0 Å². The molecule has 0 aliphatic heterocycles. The van der Waals surface area contributed by atoms with Gasteiger partial charge in [-0.1, -0.05) is 0 Å². The third-order valence-corrected chi connectivity index (χ3v) is 1.09. The number of esters is 1. The molecule has 0 heterocycles. The SMILES string of the molecule is COC(=O)C=[N+]([O-])C(C)(C)C. The molecule has 0 aliphatic rings. The lowest BCUT2D eigenvalue weighted by molar-refractivity contribution is -0.530. The third-order valence-electron chi connectivity index (χ3n) is 1.09. The monoisotopic (exact) mass is 159 g/mol. The first-order chi connectivity index (χ1) is 4.88. The summed E-state index contributed by atoms with van der Waals surface area (Å²) < 4.78 is 4.85. The van der Waals surface area contributed by atoms with Crippen LogP contribution in [-0.4, -0.2) is 29.6 Å². The maximum absolute atomic E-state index is 11.0. The van der Waals surface area contributed by atoms with E-state index in [9.17, 15) is 10.0 Å². The summed E-state index contributed by atoms with van der Waals surface area (Å²) in [5.74, 6) is -0.630. The van der Waals surface area contributed by atoms with Crippen LogP contribution >= 0.6 is 0 Å². The number of hydrogen-bond donors (Lipinski definition) is 0. The number of carbonyl (C=O) groups is 1. The molecule has 0 amide bonds. The first-order valence-corrected chi connectivity index (χ1v) is 3.27. The van der Waals surface area contributed by atoms with Crippen LogP contribution in [0.15, 0.2) is 0 Å². The molecule has 0 aliphatic carbocycles. The van der Waals surface area contributed by atoms with Crippen LogP contribution in [0, 0.1) is 5.21 Å². The van der Waals surface area contributed by atoms with Gasteiger partial charge in [0.25, 0.3) is 6.21 Å². The molecule has 0 aromatic carbocycles. The highest BCUT2D eigenvalue weighted by molar-refractivity contribution is 6.20. The largest absolute Gasteiger partial charge is 0.623 e. The fourth-order valence-corrected chi connectivity index (χ4v) is 0.342. The molecule has 11 heavy (non-hydrogen) atoms. The van der Waals surface area contributed by atoms with Crippen molar-refractivity contribution in [1.82, 2.24) is 0 Å². The van der Waals surface area contributed by atoms with E-state index in [0.717, 1.165) is 6.21 Å². The summed E-state index contributed by atoms with van der Waals surface area (Å²) in [5, 5.41) is 11.0. The molecule has 0 aromatic heterocycles. The topological polar surface area (TPSA) is 52.4 Å². The summed E-state index contributed by atoms with van der Waals surface area (Å²) in [6.45, 7) is 5.12. The number of carbonyl (C=O) groups excluding carboxylic acids is 1. The maximum Gasteiger partial charge on any atom is 0.396 e. The van der Waals surface area contributed by atoms with Crippen molar-refractivity contribution < 1.29 is 14.3 Å². The van der Waals surface area contributed by atoms with Crippen molar-refractivity contribution in [2.75, 3.05) is 7.11 Å². The van der Waals surface area contributed by atoms with Gasteiger partial charge >= 0.3 is 5.97 Å². The molecule has 4 heteroatoms. The smallest absolute Gasteiger partial charge is 0.396 e. The minimum Gasteiger partial charge on any atom is -0.623 e. The van der Waals surface area contributed by atoms with Crippen LogP contribution in [-0.2, 0) is 9.53 Å². The minimum absolute atomic E-state index is 0.568. The molecule has 0 saturated heterocycles. The maximum atomic E-state index is 11.0. The lowest BCUT2D eigenvalue weighted by Crippen LogP contribution is -2.31. The lowest BCUT2D eigenvalue weighted by atomic mass is 10.1. The highest BCUT2D eigenvalue weighted by atomic mass is 16.5. The molecule has 0 fully saturated rings. The van der Waals surface area contributed by atoms with Crippen molar-refractivity contribution in [3.05, 3.63) is 5.21 Å². The van der Waals surface area contributed by atoms with Gasteiger partial charge in [-0.15, -0.1) is 0 Å². The molecule has 0 aromatic rings. The number of methoxy groups -OCH3 is 1. The summed E-state index contributed by atoms with van der Waals surface area (Å²) in [6.07, 6.45) is 0.889. The second kappa shape index (κ2) is 3.37. The lowest BCUT2D eigenvalue weighted by Gasteiger charge is -2.17. The van der Waals surface area contributed by atoms with Crippen LogP contribution in [0.2, 0.25) is 0 Å². The van der Waals surface area contributed by atoms with E-state index in [-0.39, 0.29) is 0 Å². The minimum atomic E-state index is -0.630. The Morgan fingerprint density at radius 3 is 2.27 bits per heavy atom. The van der Waals surface area contributed by atoms with Gasteiger partial charge in [0, 0.05) is 20.8 Å². The number of nitrogens with zero attached hydrogens (tertiary/aromatic N) is 1. The van der Waals surface area contributed by atoms with Crippen molar-refractivity contribution in [1.29, 1.82) is 0 Å². The van der Waals surface area contributed by atoms with Gasteiger partial charge in [-0.3, -0.25) is 0 Å². The number of hydroxylamine groups is 1. The Hall–Kier alpha value is -1.06. The Morgan fingerprint density at radius 2 is 2.00 bits per heavy atom. The second-order valence-electron chi connectivity index (χ2n) is 3.15. The molecular weight excluding hydrogens is 146 g/mol. The molecule has 0 spiro atoms. The van der Waals surface area contributed by atoms with E-state index in [1.54, 1.807) is 20.8 Å². The van der Waals surface area contributed by atoms with Gasteiger partial charge in [0.2, 0.25) is 0 Å². The summed E-state index contributed by atoms with van der Waals surface area (Å²) in [6, 6.07) is 0. The zero-order valence-corrected chi connectivity index (χ0v) is 7.25. The van der Waals surface area contributed by atoms with Gasteiger partial charge in [0.1, 0.15) is 0 Å². The molecule has 0 rings (SSSR count). The zero-order valence-electron chi connectivity index (χ0n) is 7.25. The Bertz CT molecular complexity index is 179. The number of hydrogen-bond acceptors (Lipinski definition) is 3. The van der Waals surface area contributed by atoms with E-state index in [1.807, 2.05) is 0 Å².